The first-order valence-electron chi connectivity index (χ1n) is 6.00. The second kappa shape index (κ2) is 4.29. The summed E-state index contributed by atoms with van der Waals surface area (Å²) >= 11 is 1.56. The molecule has 3 N–H and O–H groups in total. The van der Waals surface area contributed by atoms with Crippen molar-refractivity contribution >= 4 is 22.3 Å². The average Bonchev–Trinajstić information content (AvgIpc) is 2.85. The van der Waals surface area contributed by atoms with Crippen molar-refractivity contribution in [2.75, 3.05) is 18.0 Å². The molecule has 0 aromatic carbocycles. The SMILES string of the molecule is CC(C)(C)c1nc(N2CCCC2)sc1C(=N)N. The summed E-state index contributed by atoms with van der Waals surface area (Å²) in [5.74, 6) is 0.137. The third-order valence-corrected chi connectivity index (χ3v) is 4.10. The zero-order valence-corrected chi connectivity index (χ0v) is 11.5. The smallest absolute Gasteiger partial charge is 0.186 e. The van der Waals surface area contributed by atoms with Crippen molar-refractivity contribution in [1.29, 1.82) is 5.41 Å². The Kier molecular flexibility index (Phi) is 3.12. The lowest BCUT2D eigenvalue weighted by Crippen LogP contribution is -2.20. The molecular formula is C12H20N4S. The minimum atomic E-state index is -0.0600. The van der Waals surface area contributed by atoms with Crippen LogP contribution in [0.4, 0.5) is 5.13 Å². The Morgan fingerprint density at radius 2 is 1.94 bits per heavy atom. The van der Waals surface area contributed by atoms with Crippen LogP contribution in [0.5, 0.6) is 0 Å². The molecule has 0 atom stereocenters. The summed E-state index contributed by atoms with van der Waals surface area (Å²) in [5.41, 5.74) is 6.55. The molecule has 94 valence electrons. The number of amidine groups is 1. The van der Waals surface area contributed by atoms with Gasteiger partial charge in [-0.15, -0.1) is 0 Å². The molecule has 5 heteroatoms. The maximum atomic E-state index is 7.67. The first-order chi connectivity index (χ1) is 7.89. The molecule has 2 rings (SSSR count). The quantitative estimate of drug-likeness (QED) is 0.627. The molecule has 0 bridgehead atoms. The summed E-state index contributed by atoms with van der Waals surface area (Å²) in [4.78, 5) is 7.84. The van der Waals surface area contributed by atoms with E-state index in [-0.39, 0.29) is 11.3 Å². The Bertz CT molecular complexity index is 424. The highest BCUT2D eigenvalue weighted by Gasteiger charge is 2.27. The van der Waals surface area contributed by atoms with E-state index in [4.69, 9.17) is 16.1 Å². The van der Waals surface area contributed by atoms with Gasteiger partial charge in [0.1, 0.15) is 5.84 Å². The highest BCUT2D eigenvalue weighted by Crippen LogP contribution is 2.34. The van der Waals surface area contributed by atoms with Crippen molar-refractivity contribution in [3.8, 4) is 0 Å². The van der Waals surface area contributed by atoms with E-state index in [1.807, 2.05) is 0 Å². The van der Waals surface area contributed by atoms with Crippen LogP contribution in [0.25, 0.3) is 0 Å². The van der Waals surface area contributed by atoms with Gasteiger partial charge in [-0.1, -0.05) is 32.1 Å². The van der Waals surface area contributed by atoms with Crippen molar-refractivity contribution in [3.05, 3.63) is 10.6 Å². The number of thiazole rings is 1. The van der Waals surface area contributed by atoms with Crippen LogP contribution in [0.2, 0.25) is 0 Å². The zero-order chi connectivity index (χ0) is 12.6. The second-order valence-electron chi connectivity index (χ2n) is 5.53. The fourth-order valence-corrected chi connectivity index (χ4v) is 3.23. The number of nitrogens with zero attached hydrogens (tertiary/aromatic N) is 2. The van der Waals surface area contributed by atoms with E-state index in [1.54, 1.807) is 11.3 Å². The Balaban J connectivity index is 2.40. The van der Waals surface area contributed by atoms with Gasteiger partial charge in [0, 0.05) is 18.5 Å². The summed E-state index contributed by atoms with van der Waals surface area (Å²) < 4.78 is 0. The van der Waals surface area contributed by atoms with Gasteiger partial charge < -0.3 is 10.6 Å². The number of hydrogen-bond donors (Lipinski definition) is 2. The minimum absolute atomic E-state index is 0.0600. The summed E-state index contributed by atoms with van der Waals surface area (Å²) in [7, 11) is 0. The molecule has 1 aromatic rings. The van der Waals surface area contributed by atoms with Gasteiger partial charge in [0.05, 0.1) is 10.6 Å². The van der Waals surface area contributed by atoms with Gasteiger partial charge in [-0.3, -0.25) is 5.41 Å². The topological polar surface area (TPSA) is 66.0 Å². The third-order valence-electron chi connectivity index (χ3n) is 2.95. The standard InChI is InChI=1S/C12H20N4S/c1-12(2,3)9-8(10(13)14)17-11(15-9)16-6-4-5-7-16/h4-7H2,1-3H3,(H3,13,14). The first kappa shape index (κ1) is 12.4. The second-order valence-corrected chi connectivity index (χ2v) is 6.51. The molecule has 0 aliphatic carbocycles. The van der Waals surface area contributed by atoms with E-state index in [9.17, 15) is 0 Å². The number of nitrogens with two attached hydrogens (primary N) is 1. The van der Waals surface area contributed by atoms with E-state index >= 15 is 0 Å². The van der Waals surface area contributed by atoms with E-state index in [0.717, 1.165) is 28.8 Å². The molecule has 0 amide bonds. The van der Waals surface area contributed by atoms with Crippen LogP contribution in [0.3, 0.4) is 0 Å². The fraction of sp³-hybridized carbons (Fsp3) is 0.667. The molecule has 1 aliphatic rings. The van der Waals surface area contributed by atoms with E-state index in [0.29, 0.717) is 0 Å². The van der Waals surface area contributed by atoms with Crippen molar-refractivity contribution in [2.24, 2.45) is 5.73 Å². The van der Waals surface area contributed by atoms with Crippen LogP contribution in [0, 0.1) is 5.41 Å². The predicted octanol–water partition coefficient (Wildman–Crippen LogP) is 2.32. The Labute approximate surface area is 106 Å². The lowest BCUT2D eigenvalue weighted by molar-refractivity contribution is 0.571. The molecular weight excluding hydrogens is 232 g/mol. The fourth-order valence-electron chi connectivity index (χ4n) is 2.04. The molecule has 1 aliphatic heterocycles. The number of hydrogen-bond acceptors (Lipinski definition) is 4. The van der Waals surface area contributed by atoms with Crippen molar-refractivity contribution in [3.63, 3.8) is 0 Å². The monoisotopic (exact) mass is 252 g/mol. The number of aromatic nitrogens is 1. The Morgan fingerprint density at radius 3 is 2.35 bits per heavy atom. The van der Waals surface area contributed by atoms with Crippen LogP contribution < -0.4 is 10.6 Å². The number of rotatable bonds is 2. The third kappa shape index (κ3) is 2.44. The molecule has 2 heterocycles. The Hall–Kier alpha value is -1.10. The number of nitrogen functional groups attached to an aromatic ring is 1. The van der Waals surface area contributed by atoms with E-state index in [1.165, 1.54) is 12.8 Å². The number of nitrogens with one attached hydrogen (secondary N) is 1. The summed E-state index contributed by atoms with van der Waals surface area (Å²) in [6.07, 6.45) is 2.47. The van der Waals surface area contributed by atoms with E-state index < -0.39 is 0 Å². The molecule has 0 unspecified atom stereocenters. The van der Waals surface area contributed by atoms with Gasteiger partial charge in [-0.05, 0) is 12.8 Å². The van der Waals surface area contributed by atoms with Crippen LogP contribution in [0.1, 0.15) is 44.2 Å². The van der Waals surface area contributed by atoms with Crippen molar-refractivity contribution in [2.45, 2.75) is 39.0 Å². The van der Waals surface area contributed by atoms with Gasteiger partial charge >= 0.3 is 0 Å². The molecule has 0 saturated carbocycles. The Morgan fingerprint density at radius 1 is 1.35 bits per heavy atom. The maximum Gasteiger partial charge on any atom is 0.186 e. The predicted molar refractivity (Wildman–Crippen MR) is 73.3 cm³/mol. The van der Waals surface area contributed by atoms with Crippen LogP contribution in [0.15, 0.2) is 0 Å². The number of anilines is 1. The van der Waals surface area contributed by atoms with Gasteiger partial charge in [0.15, 0.2) is 5.13 Å². The normalized spacial score (nSPS) is 16.5. The van der Waals surface area contributed by atoms with Crippen LogP contribution >= 0.6 is 11.3 Å². The van der Waals surface area contributed by atoms with Gasteiger partial charge in [0.2, 0.25) is 0 Å². The highest BCUT2D eigenvalue weighted by atomic mass is 32.1. The maximum absolute atomic E-state index is 7.67. The minimum Gasteiger partial charge on any atom is -0.383 e. The van der Waals surface area contributed by atoms with Crippen molar-refractivity contribution in [1.82, 2.24) is 4.98 Å². The van der Waals surface area contributed by atoms with Gasteiger partial charge in [-0.2, -0.15) is 0 Å². The summed E-state index contributed by atoms with van der Waals surface area (Å²) in [6, 6.07) is 0. The molecule has 1 saturated heterocycles. The van der Waals surface area contributed by atoms with Crippen LogP contribution in [-0.2, 0) is 5.41 Å². The molecule has 0 radical (unpaired) electrons. The van der Waals surface area contributed by atoms with Gasteiger partial charge in [-0.25, -0.2) is 4.98 Å². The van der Waals surface area contributed by atoms with Crippen molar-refractivity contribution < 1.29 is 0 Å². The largest absolute Gasteiger partial charge is 0.383 e. The first-order valence-corrected chi connectivity index (χ1v) is 6.82. The molecule has 0 spiro atoms. The highest BCUT2D eigenvalue weighted by molar-refractivity contribution is 7.17. The molecule has 17 heavy (non-hydrogen) atoms. The summed E-state index contributed by atoms with van der Waals surface area (Å²) in [6.45, 7) is 8.50. The molecule has 4 nitrogen and oxygen atoms in total. The van der Waals surface area contributed by atoms with Crippen LogP contribution in [-0.4, -0.2) is 23.9 Å². The van der Waals surface area contributed by atoms with Gasteiger partial charge in [0.25, 0.3) is 0 Å². The summed E-state index contributed by atoms with van der Waals surface area (Å²) in [5, 5.41) is 8.70. The van der Waals surface area contributed by atoms with E-state index in [2.05, 4.69) is 25.7 Å². The zero-order valence-electron chi connectivity index (χ0n) is 10.7. The molecule has 1 aromatic heterocycles. The average molecular weight is 252 g/mol. The lowest BCUT2D eigenvalue weighted by atomic mass is 9.91. The molecule has 1 fully saturated rings. The lowest BCUT2D eigenvalue weighted by Gasteiger charge is -2.17.